The highest BCUT2D eigenvalue weighted by molar-refractivity contribution is 9.09. The van der Waals surface area contributed by atoms with Crippen LogP contribution in [0.25, 0.3) is 11.0 Å². The maximum atomic E-state index is 11.7. The summed E-state index contributed by atoms with van der Waals surface area (Å²) >= 11 is 3.14. The van der Waals surface area contributed by atoms with E-state index in [1.165, 1.54) is 0 Å². The molecule has 5 heteroatoms. The van der Waals surface area contributed by atoms with E-state index in [0.717, 1.165) is 18.2 Å². The average molecular weight is 341 g/mol. The van der Waals surface area contributed by atoms with E-state index in [4.69, 9.17) is 13.9 Å². The van der Waals surface area contributed by atoms with E-state index >= 15 is 0 Å². The minimum Gasteiger partial charge on any atom is -0.497 e. The molecule has 4 nitrogen and oxygen atoms in total. The van der Waals surface area contributed by atoms with Gasteiger partial charge >= 0.3 is 0 Å². The Balaban J connectivity index is 2.41. The van der Waals surface area contributed by atoms with Gasteiger partial charge in [0.15, 0.2) is 17.1 Å². The molecule has 0 unspecified atom stereocenters. The molecule has 2 aromatic rings. The van der Waals surface area contributed by atoms with E-state index in [0.29, 0.717) is 29.4 Å². The van der Waals surface area contributed by atoms with Crippen LogP contribution in [0.3, 0.4) is 0 Å². The van der Waals surface area contributed by atoms with Crippen LogP contribution in [-0.4, -0.2) is 24.8 Å². The van der Waals surface area contributed by atoms with Gasteiger partial charge in [-0.2, -0.15) is 0 Å². The molecule has 0 spiro atoms. The van der Waals surface area contributed by atoms with Gasteiger partial charge in [-0.1, -0.05) is 29.3 Å². The van der Waals surface area contributed by atoms with E-state index in [1.54, 1.807) is 19.2 Å². The molecule has 1 aromatic carbocycles. The Labute approximate surface area is 126 Å². The van der Waals surface area contributed by atoms with Crippen molar-refractivity contribution in [2.75, 3.05) is 19.0 Å². The Hall–Kier alpha value is -1.49. The summed E-state index contributed by atoms with van der Waals surface area (Å²) in [5.74, 6) is 1.52. The molecule has 0 saturated carbocycles. The number of halogens is 1. The maximum absolute atomic E-state index is 11.7. The SMILES string of the molecule is CCCCOc1cc(OC)cc2cc(C(=O)CBr)oc12. The fourth-order valence-corrected chi connectivity index (χ4v) is 2.13. The Morgan fingerprint density at radius 1 is 1.35 bits per heavy atom. The summed E-state index contributed by atoms with van der Waals surface area (Å²) in [5, 5.41) is 1.04. The topological polar surface area (TPSA) is 48.7 Å². The summed E-state index contributed by atoms with van der Waals surface area (Å²) in [6.45, 7) is 2.71. The molecular weight excluding hydrogens is 324 g/mol. The summed E-state index contributed by atoms with van der Waals surface area (Å²) in [7, 11) is 1.60. The number of furan rings is 1. The standard InChI is InChI=1S/C15H17BrO4/c1-3-4-5-19-14-8-11(18-2)6-10-7-13(12(17)9-16)20-15(10)14/h6-8H,3-5,9H2,1-2H3. The van der Waals surface area contributed by atoms with Gasteiger partial charge in [0.25, 0.3) is 0 Å². The van der Waals surface area contributed by atoms with Crippen LogP contribution in [0.15, 0.2) is 22.6 Å². The van der Waals surface area contributed by atoms with Crippen molar-refractivity contribution in [3.63, 3.8) is 0 Å². The van der Waals surface area contributed by atoms with Crippen LogP contribution in [0.2, 0.25) is 0 Å². The molecule has 0 aliphatic heterocycles. The molecule has 0 fully saturated rings. The van der Waals surface area contributed by atoms with Crippen molar-refractivity contribution in [3.05, 3.63) is 24.0 Å². The Bertz CT molecular complexity index is 603. The molecule has 1 aromatic heterocycles. The predicted octanol–water partition coefficient (Wildman–Crippen LogP) is 4.20. The first kappa shape index (κ1) is 14.9. The van der Waals surface area contributed by atoms with Crippen LogP contribution >= 0.6 is 15.9 Å². The molecule has 0 atom stereocenters. The summed E-state index contributed by atoms with van der Waals surface area (Å²) in [6.07, 6.45) is 2.02. The highest BCUT2D eigenvalue weighted by atomic mass is 79.9. The minimum atomic E-state index is -0.0975. The first-order chi connectivity index (χ1) is 9.69. The fourth-order valence-electron chi connectivity index (χ4n) is 1.85. The largest absolute Gasteiger partial charge is 0.497 e. The molecule has 20 heavy (non-hydrogen) atoms. The lowest BCUT2D eigenvalue weighted by Gasteiger charge is -2.08. The van der Waals surface area contributed by atoms with Crippen molar-refractivity contribution in [1.29, 1.82) is 0 Å². The normalized spacial score (nSPS) is 10.8. The first-order valence-corrected chi connectivity index (χ1v) is 7.65. The number of fused-ring (bicyclic) bond motifs is 1. The van der Waals surface area contributed by atoms with Crippen molar-refractivity contribution in [1.82, 2.24) is 0 Å². The lowest BCUT2D eigenvalue weighted by Crippen LogP contribution is -1.97. The zero-order valence-corrected chi connectivity index (χ0v) is 13.2. The molecule has 2 rings (SSSR count). The molecule has 0 N–H and O–H groups in total. The second kappa shape index (κ2) is 6.79. The van der Waals surface area contributed by atoms with Crippen molar-refractivity contribution in [2.24, 2.45) is 0 Å². The summed E-state index contributed by atoms with van der Waals surface area (Å²) in [5.41, 5.74) is 0.589. The smallest absolute Gasteiger partial charge is 0.208 e. The lowest BCUT2D eigenvalue weighted by atomic mass is 10.2. The van der Waals surface area contributed by atoms with Crippen LogP contribution < -0.4 is 9.47 Å². The molecule has 0 aliphatic rings. The van der Waals surface area contributed by atoms with Crippen LogP contribution in [0.1, 0.15) is 30.3 Å². The maximum Gasteiger partial charge on any atom is 0.208 e. The van der Waals surface area contributed by atoms with E-state index in [9.17, 15) is 4.79 Å². The highest BCUT2D eigenvalue weighted by Crippen LogP contribution is 2.34. The number of carbonyl (C=O) groups is 1. The zero-order valence-electron chi connectivity index (χ0n) is 11.6. The molecule has 0 aliphatic carbocycles. The zero-order chi connectivity index (χ0) is 14.5. The third-order valence-corrected chi connectivity index (χ3v) is 3.45. The first-order valence-electron chi connectivity index (χ1n) is 6.53. The number of ketones is 1. The van der Waals surface area contributed by atoms with Gasteiger partial charge in [0.05, 0.1) is 19.0 Å². The van der Waals surface area contributed by atoms with Gasteiger partial charge in [-0.05, 0) is 18.6 Å². The predicted molar refractivity (Wildman–Crippen MR) is 81.3 cm³/mol. The summed E-state index contributed by atoms with van der Waals surface area (Å²) in [4.78, 5) is 11.7. The van der Waals surface area contributed by atoms with Gasteiger partial charge < -0.3 is 13.9 Å². The van der Waals surface area contributed by atoms with Crippen LogP contribution in [-0.2, 0) is 0 Å². The summed E-state index contributed by atoms with van der Waals surface area (Å²) < 4.78 is 16.6. The van der Waals surface area contributed by atoms with Gasteiger partial charge in [-0.15, -0.1) is 0 Å². The number of hydrogen-bond acceptors (Lipinski definition) is 4. The monoisotopic (exact) mass is 340 g/mol. The Kier molecular flexibility index (Phi) is 5.06. The van der Waals surface area contributed by atoms with Crippen molar-refractivity contribution in [2.45, 2.75) is 19.8 Å². The number of ether oxygens (including phenoxy) is 2. The quantitative estimate of drug-likeness (QED) is 0.430. The minimum absolute atomic E-state index is 0.0975. The number of carbonyl (C=O) groups excluding carboxylic acids is 1. The van der Waals surface area contributed by atoms with Crippen molar-refractivity contribution >= 4 is 32.7 Å². The fraction of sp³-hybridized carbons (Fsp3) is 0.400. The molecule has 0 saturated heterocycles. The number of benzene rings is 1. The molecular formula is C15H17BrO4. The van der Waals surface area contributed by atoms with Crippen molar-refractivity contribution in [3.8, 4) is 11.5 Å². The lowest BCUT2D eigenvalue weighted by molar-refractivity contribution is 0.0995. The number of methoxy groups -OCH3 is 1. The van der Waals surface area contributed by atoms with E-state index in [-0.39, 0.29) is 11.1 Å². The number of alkyl halides is 1. The van der Waals surface area contributed by atoms with Gasteiger partial charge in [0, 0.05) is 11.5 Å². The van der Waals surface area contributed by atoms with Crippen LogP contribution in [0.4, 0.5) is 0 Å². The third kappa shape index (κ3) is 3.15. The van der Waals surface area contributed by atoms with Crippen LogP contribution in [0.5, 0.6) is 11.5 Å². The molecule has 1 heterocycles. The van der Waals surface area contributed by atoms with E-state index in [2.05, 4.69) is 22.9 Å². The van der Waals surface area contributed by atoms with Gasteiger partial charge in [-0.25, -0.2) is 0 Å². The molecule has 0 radical (unpaired) electrons. The second-order valence-electron chi connectivity index (χ2n) is 4.41. The second-order valence-corrected chi connectivity index (χ2v) is 4.97. The summed E-state index contributed by atoms with van der Waals surface area (Å²) in [6, 6.07) is 5.33. The van der Waals surface area contributed by atoms with Gasteiger partial charge in [-0.3, -0.25) is 4.79 Å². The molecule has 0 bridgehead atoms. The van der Waals surface area contributed by atoms with E-state index in [1.807, 2.05) is 6.07 Å². The number of rotatable bonds is 7. The highest BCUT2D eigenvalue weighted by Gasteiger charge is 2.15. The number of unbranched alkanes of at least 4 members (excludes halogenated alkanes) is 1. The molecule has 108 valence electrons. The Morgan fingerprint density at radius 3 is 2.80 bits per heavy atom. The van der Waals surface area contributed by atoms with E-state index < -0.39 is 0 Å². The number of Topliss-reactive ketones (excluding diaryl/α,β-unsaturated/α-hetero) is 1. The van der Waals surface area contributed by atoms with Crippen LogP contribution in [0, 0.1) is 0 Å². The van der Waals surface area contributed by atoms with Crippen molar-refractivity contribution < 1.29 is 18.7 Å². The Morgan fingerprint density at radius 2 is 2.15 bits per heavy atom. The van der Waals surface area contributed by atoms with Gasteiger partial charge in [0.2, 0.25) is 5.78 Å². The third-order valence-electron chi connectivity index (χ3n) is 2.94. The number of hydrogen-bond donors (Lipinski definition) is 0. The van der Waals surface area contributed by atoms with Gasteiger partial charge in [0.1, 0.15) is 5.75 Å². The molecule has 0 amide bonds. The average Bonchev–Trinajstić information content (AvgIpc) is 2.90.